The third-order valence-electron chi connectivity index (χ3n) is 4.94. The number of nitrogens with zero attached hydrogens (tertiary/aromatic N) is 2. The van der Waals surface area contributed by atoms with Gasteiger partial charge in [0.05, 0.1) is 12.2 Å². The maximum absolute atomic E-state index is 12.5. The van der Waals surface area contributed by atoms with Crippen molar-refractivity contribution in [2.24, 2.45) is 0 Å². The van der Waals surface area contributed by atoms with Crippen LogP contribution < -0.4 is 10.9 Å². The van der Waals surface area contributed by atoms with E-state index in [1.807, 2.05) is 28.8 Å². The van der Waals surface area contributed by atoms with Gasteiger partial charge in [-0.3, -0.25) is 19.2 Å². The summed E-state index contributed by atoms with van der Waals surface area (Å²) < 4.78 is 2.27. The smallest absolute Gasteiger partial charge is 0.258 e. The van der Waals surface area contributed by atoms with Gasteiger partial charge in [0, 0.05) is 23.3 Å². The van der Waals surface area contributed by atoms with E-state index >= 15 is 0 Å². The molecule has 1 aromatic heterocycles. The van der Waals surface area contributed by atoms with Gasteiger partial charge in [0.1, 0.15) is 5.82 Å². The molecule has 2 heterocycles. The van der Waals surface area contributed by atoms with Crippen LogP contribution in [0.5, 0.6) is 0 Å². The first kappa shape index (κ1) is 15.9. The van der Waals surface area contributed by atoms with Gasteiger partial charge in [0.15, 0.2) is 4.77 Å². The summed E-state index contributed by atoms with van der Waals surface area (Å²) in [7, 11) is 0. The van der Waals surface area contributed by atoms with Crippen LogP contribution in [0.2, 0.25) is 5.02 Å². The maximum atomic E-state index is 12.5. The van der Waals surface area contributed by atoms with Gasteiger partial charge in [-0.1, -0.05) is 24.4 Å². The first-order chi connectivity index (χ1) is 11.6. The van der Waals surface area contributed by atoms with Crippen molar-refractivity contribution in [3.8, 4) is 5.69 Å². The zero-order valence-corrected chi connectivity index (χ0v) is 14.8. The fourth-order valence-electron chi connectivity index (χ4n) is 3.70. The Morgan fingerprint density at radius 3 is 2.58 bits per heavy atom. The van der Waals surface area contributed by atoms with Gasteiger partial charge < -0.3 is 5.32 Å². The molecule has 0 saturated heterocycles. The minimum absolute atomic E-state index is 0.101. The molecule has 0 spiro atoms. The van der Waals surface area contributed by atoms with Crippen LogP contribution in [0.15, 0.2) is 29.1 Å². The summed E-state index contributed by atoms with van der Waals surface area (Å²) in [6.45, 7) is 1.40. The lowest BCUT2D eigenvalue weighted by Crippen LogP contribution is -2.43. The molecule has 24 heavy (non-hydrogen) atoms. The number of benzene rings is 1. The first-order valence-electron chi connectivity index (χ1n) is 8.25. The highest BCUT2D eigenvalue weighted by atomic mass is 35.5. The molecule has 1 fully saturated rings. The SMILES string of the molecule is O=c1[nH]c(=S)n(-c2ccc(Cl)cc2)c2c1CN(C1CCCC1)CN2. The van der Waals surface area contributed by atoms with Crippen molar-refractivity contribution in [2.75, 3.05) is 12.0 Å². The number of rotatable bonds is 2. The maximum Gasteiger partial charge on any atom is 0.258 e. The number of halogens is 1. The molecule has 0 amide bonds. The lowest BCUT2D eigenvalue weighted by molar-refractivity contribution is 0.195. The molecule has 7 heteroatoms. The Kier molecular flexibility index (Phi) is 4.20. The monoisotopic (exact) mass is 362 g/mol. The Morgan fingerprint density at radius 1 is 1.17 bits per heavy atom. The van der Waals surface area contributed by atoms with Crippen LogP contribution in [0, 0.1) is 4.77 Å². The Labute approximate surface area is 150 Å². The number of H-pyrrole nitrogens is 1. The van der Waals surface area contributed by atoms with E-state index in [1.165, 1.54) is 25.7 Å². The van der Waals surface area contributed by atoms with E-state index < -0.39 is 0 Å². The lowest BCUT2D eigenvalue weighted by Gasteiger charge is -2.35. The largest absolute Gasteiger partial charge is 0.358 e. The number of hydrogen-bond acceptors (Lipinski definition) is 4. The summed E-state index contributed by atoms with van der Waals surface area (Å²) >= 11 is 11.4. The fourth-order valence-corrected chi connectivity index (χ4v) is 4.12. The van der Waals surface area contributed by atoms with Crippen LogP contribution in [0.3, 0.4) is 0 Å². The van der Waals surface area contributed by atoms with Crippen LogP contribution in [-0.2, 0) is 6.54 Å². The Bertz CT molecular complexity index is 868. The second-order valence-electron chi connectivity index (χ2n) is 6.42. The molecule has 1 saturated carbocycles. The fraction of sp³-hybridized carbons (Fsp3) is 0.412. The standard InChI is InChI=1S/C17H19ClN4OS/c18-11-5-7-13(8-6-11)22-15-14(16(23)20-17(22)24)9-21(10-19-15)12-3-1-2-4-12/h5-8,12,19H,1-4,9-10H2,(H,20,23,24). The van der Waals surface area contributed by atoms with Gasteiger partial charge in [-0.15, -0.1) is 0 Å². The van der Waals surface area contributed by atoms with Crippen molar-refractivity contribution >= 4 is 29.6 Å². The summed E-state index contributed by atoms with van der Waals surface area (Å²) in [5, 5.41) is 4.09. The van der Waals surface area contributed by atoms with Crippen LogP contribution in [-0.4, -0.2) is 27.2 Å². The van der Waals surface area contributed by atoms with Gasteiger partial charge in [-0.25, -0.2) is 0 Å². The van der Waals surface area contributed by atoms with Gasteiger partial charge in [-0.05, 0) is 49.3 Å². The molecule has 5 nitrogen and oxygen atoms in total. The molecule has 2 N–H and O–H groups in total. The average molecular weight is 363 g/mol. The lowest BCUT2D eigenvalue weighted by atomic mass is 10.1. The molecule has 2 aromatic rings. The van der Waals surface area contributed by atoms with Gasteiger partial charge in [0.25, 0.3) is 5.56 Å². The zero-order valence-electron chi connectivity index (χ0n) is 13.2. The molecule has 0 radical (unpaired) electrons. The van der Waals surface area contributed by atoms with E-state index in [0.29, 0.717) is 22.4 Å². The second-order valence-corrected chi connectivity index (χ2v) is 7.24. The molecule has 0 bridgehead atoms. The molecule has 1 aliphatic carbocycles. The van der Waals surface area contributed by atoms with Gasteiger partial charge >= 0.3 is 0 Å². The van der Waals surface area contributed by atoms with E-state index in [9.17, 15) is 4.79 Å². The predicted octanol–water partition coefficient (Wildman–Crippen LogP) is 3.68. The third-order valence-corrected chi connectivity index (χ3v) is 5.48. The minimum atomic E-state index is -0.101. The highest BCUT2D eigenvalue weighted by Gasteiger charge is 2.28. The third kappa shape index (κ3) is 2.79. The quantitative estimate of drug-likeness (QED) is 0.800. The molecular weight excluding hydrogens is 344 g/mol. The Morgan fingerprint density at radius 2 is 1.88 bits per heavy atom. The Hall–Kier alpha value is -1.63. The average Bonchev–Trinajstić information content (AvgIpc) is 3.11. The van der Waals surface area contributed by atoms with Crippen molar-refractivity contribution in [1.29, 1.82) is 0 Å². The van der Waals surface area contributed by atoms with Crippen LogP contribution in [0.25, 0.3) is 5.69 Å². The van der Waals surface area contributed by atoms with E-state index in [2.05, 4.69) is 15.2 Å². The number of hydrogen-bond donors (Lipinski definition) is 2. The van der Waals surface area contributed by atoms with Crippen molar-refractivity contribution < 1.29 is 0 Å². The summed E-state index contributed by atoms with van der Waals surface area (Å²) in [6, 6.07) is 8.02. The minimum Gasteiger partial charge on any atom is -0.358 e. The van der Waals surface area contributed by atoms with Crippen molar-refractivity contribution in [3.63, 3.8) is 0 Å². The van der Waals surface area contributed by atoms with E-state index in [0.717, 1.165) is 23.7 Å². The predicted molar refractivity (Wildman–Crippen MR) is 98.5 cm³/mol. The van der Waals surface area contributed by atoms with E-state index in [-0.39, 0.29) is 5.56 Å². The van der Waals surface area contributed by atoms with Crippen LogP contribution in [0.1, 0.15) is 31.2 Å². The molecule has 0 unspecified atom stereocenters. The van der Waals surface area contributed by atoms with Crippen molar-refractivity contribution in [3.05, 3.63) is 50.0 Å². The number of aromatic amines is 1. The summed E-state index contributed by atoms with van der Waals surface area (Å²) in [6.07, 6.45) is 4.98. The van der Waals surface area contributed by atoms with Crippen molar-refractivity contribution in [2.45, 2.75) is 38.3 Å². The number of nitrogens with one attached hydrogen (secondary N) is 2. The molecule has 1 aliphatic heterocycles. The van der Waals surface area contributed by atoms with E-state index in [1.54, 1.807) is 0 Å². The van der Waals surface area contributed by atoms with Gasteiger partial charge in [0.2, 0.25) is 0 Å². The molecular formula is C17H19ClN4OS. The molecule has 1 aromatic carbocycles. The topological polar surface area (TPSA) is 53.1 Å². The molecule has 126 valence electrons. The first-order valence-corrected chi connectivity index (χ1v) is 9.04. The highest BCUT2D eigenvalue weighted by Crippen LogP contribution is 2.29. The summed E-state index contributed by atoms with van der Waals surface area (Å²) in [5.74, 6) is 0.792. The molecule has 0 atom stereocenters. The van der Waals surface area contributed by atoms with Gasteiger partial charge in [-0.2, -0.15) is 0 Å². The normalized spacial score (nSPS) is 18.4. The zero-order chi connectivity index (χ0) is 16.7. The number of aromatic nitrogens is 2. The molecule has 2 aliphatic rings. The molecule has 4 rings (SSSR count). The summed E-state index contributed by atoms with van der Waals surface area (Å²) in [5.41, 5.74) is 1.53. The second kappa shape index (κ2) is 6.35. The van der Waals surface area contributed by atoms with E-state index in [4.69, 9.17) is 23.8 Å². The number of fused-ring (bicyclic) bond motifs is 1. The highest BCUT2D eigenvalue weighted by molar-refractivity contribution is 7.71. The number of anilines is 1. The van der Waals surface area contributed by atoms with Crippen LogP contribution in [0.4, 0.5) is 5.82 Å². The van der Waals surface area contributed by atoms with Crippen molar-refractivity contribution in [1.82, 2.24) is 14.5 Å². The summed E-state index contributed by atoms with van der Waals surface area (Å²) in [4.78, 5) is 17.6. The Balaban J connectivity index is 1.78. The van der Waals surface area contributed by atoms with Crippen LogP contribution >= 0.6 is 23.8 Å².